The number of alkyl halides is 2. The summed E-state index contributed by atoms with van der Waals surface area (Å²) < 4.78 is 25.8. The lowest BCUT2D eigenvalue weighted by Gasteiger charge is -2.15. The molecule has 1 saturated heterocycles. The van der Waals surface area contributed by atoms with E-state index < -0.39 is 5.92 Å². The highest BCUT2D eigenvalue weighted by molar-refractivity contribution is 7.12. The molecule has 1 aromatic rings. The molecule has 1 aliphatic heterocycles. The number of halogens is 3. The third-order valence-electron chi connectivity index (χ3n) is 2.79. The van der Waals surface area contributed by atoms with Crippen LogP contribution in [0.2, 0.25) is 5.02 Å². The molecular formula is C11H13ClF2N2OS. The molecule has 100 valence electrons. The van der Waals surface area contributed by atoms with Crippen LogP contribution < -0.4 is 5.32 Å². The van der Waals surface area contributed by atoms with Gasteiger partial charge in [0, 0.05) is 26.1 Å². The van der Waals surface area contributed by atoms with E-state index >= 15 is 0 Å². The van der Waals surface area contributed by atoms with Gasteiger partial charge >= 0.3 is 0 Å². The second kappa shape index (κ2) is 5.50. The minimum atomic E-state index is -2.58. The first-order chi connectivity index (χ1) is 8.48. The molecule has 18 heavy (non-hydrogen) atoms. The van der Waals surface area contributed by atoms with Crippen LogP contribution in [0.25, 0.3) is 0 Å². The second-order valence-corrected chi connectivity index (χ2v) is 5.56. The van der Waals surface area contributed by atoms with Gasteiger partial charge in [-0.25, -0.2) is 8.78 Å². The van der Waals surface area contributed by atoms with Crippen molar-refractivity contribution >= 4 is 28.8 Å². The number of carbonyl (C=O) groups excluding carboxylic acids is 1. The minimum Gasteiger partial charge on any atom is -0.350 e. The number of rotatable bonds is 4. The summed E-state index contributed by atoms with van der Waals surface area (Å²) in [4.78, 5) is 13.8. The molecule has 2 rings (SSSR count). The third-order valence-corrected chi connectivity index (χ3v) is 4.13. The van der Waals surface area contributed by atoms with E-state index in [1.165, 1.54) is 11.3 Å². The van der Waals surface area contributed by atoms with Gasteiger partial charge in [-0.15, -0.1) is 11.3 Å². The maximum atomic E-state index is 12.9. The molecule has 0 bridgehead atoms. The molecule has 1 fully saturated rings. The summed E-state index contributed by atoms with van der Waals surface area (Å²) in [7, 11) is 0. The van der Waals surface area contributed by atoms with Crippen molar-refractivity contribution in [2.24, 2.45) is 0 Å². The number of hydrogen-bond donors (Lipinski definition) is 1. The first kappa shape index (κ1) is 13.7. The molecular weight excluding hydrogens is 282 g/mol. The van der Waals surface area contributed by atoms with E-state index in [-0.39, 0.29) is 18.9 Å². The maximum absolute atomic E-state index is 12.9. The number of likely N-dealkylation sites (tertiary alicyclic amines) is 1. The van der Waals surface area contributed by atoms with Gasteiger partial charge in [0.15, 0.2) is 0 Å². The van der Waals surface area contributed by atoms with Crippen molar-refractivity contribution in [3.8, 4) is 0 Å². The van der Waals surface area contributed by atoms with Gasteiger partial charge < -0.3 is 5.32 Å². The Morgan fingerprint density at radius 3 is 2.94 bits per heavy atom. The fourth-order valence-corrected chi connectivity index (χ4v) is 2.92. The van der Waals surface area contributed by atoms with E-state index in [0.717, 1.165) is 0 Å². The number of amides is 1. The molecule has 1 N–H and O–H groups in total. The van der Waals surface area contributed by atoms with Crippen LogP contribution >= 0.6 is 22.9 Å². The molecule has 0 aliphatic carbocycles. The molecule has 1 aliphatic rings. The van der Waals surface area contributed by atoms with E-state index in [1.54, 1.807) is 16.3 Å². The Kier molecular flexibility index (Phi) is 4.19. The summed E-state index contributed by atoms with van der Waals surface area (Å²) in [6, 6.07) is 1.65. The van der Waals surface area contributed by atoms with Gasteiger partial charge in [-0.1, -0.05) is 11.6 Å². The van der Waals surface area contributed by atoms with Crippen LogP contribution in [0.1, 0.15) is 16.1 Å². The Balaban J connectivity index is 1.73. The monoisotopic (exact) mass is 294 g/mol. The van der Waals surface area contributed by atoms with Crippen molar-refractivity contribution in [3.05, 3.63) is 21.3 Å². The number of carbonyl (C=O) groups is 1. The molecule has 0 aromatic carbocycles. The van der Waals surface area contributed by atoms with Gasteiger partial charge in [-0.2, -0.15) is 0 Å². The predicted octanol–water partition coefficient (Wildman–Crippen LogP) is 2.47. The van der Waals surface area contributed by atoms with Crippen molar-refractivity contribution in [2.45, 2.75) is 12.3 Å². The van der Waals surface area contributed by atoms with Crippen molar-refractivity contribution < 1.29 is 13.6 Å². The van der Waals surface area contributed by atoms with Crippen LogP contribution in [-0.4, -0.2) is 42.9 Å². The molecule has 0 spiro atoms. The highest BCUT2D eigenvalue weighted by Crippen LogP contribution is 2.26. The molecule has 2 heterocycles. The largest absolute Gasteiger partial charge is 0.350 e. The van der Waals surface area contributed by atoms with Crippen LogP contribution in [0.3, 0.4) is 0 Å². The van der Waals surface area contributed by atoms with Crippen molar-refractivity contribution in [3.63, 3.8) is 0 Å². The Morgan fingerprint density at radius 1 is 1.61 bits per heavy atom. The average Bonchev–Trinajstić information content (AvgIpc) is 2.85. The van der Waals surface area contributed by atoms with Gasteiger partial charge in [0.05, 0.1) is 11.6 Å². The number of nitrogens with one attached hydrogen (secondary N) is 1. The first-order valence-corrected chi connectivity index (χ1v) is 6.85. The Labute approximate surface area is 113 Å². The molecule has 1 aromatic heterocycles. The van der Waals surface area contributed by atoms with E-state index in [2.05, 4.69) is 5.32 Å². The highest BCUT2D eigenvalue weighted by Gasteiger charge is 2.37. The lowest BCUT2D eigenvalue weighted by molar-refractivity contribution is 0.0124. The normalized spacial score (nSPS) is 19.1. The van der Waals surface area contributed by atoms with Crippen LogP contribution in [-0.2, 0) is 0 Å². The molecule has 0 unspecified atom stereocenters. The summed E-state index contributed by atoms with van der Waals surface area (Å²) in [6.07, 6.45) is -0.0995. The van der Waals surface area contributed by atoms with Crippen molar-refractivity contribution in [1.29, 1.82) is 0 Å². The third kappa shape index (κ3) is 3.40. The Hall–Kier alpha value is -0.720. The van der Waals surface area contributed by atoms with Gasteiger partial charge in [-0.3, -0.25) is 9.69 Å². The number of nitrogens with zero attached hydrogens (tertiary/aromatic N) is 1. The highest BCUT2D eigenvalue weighted by atomic mass is 35.5. The first-order valence-electron chi connectivity index (χ1n) is 5.59. The fraction of sp³-hybridized carbons (Fsp3) is 0.545. The smallest absolute Gasteiger partial charge is 0.262 e. The second-order valence-electron chi connectivity index (χ2n) is 4.24. The Bertz CT molecular complexity index is 438. The van der Waals surface area contributed by atoms with Gasteiger partial charge in [0.25, 0.3) is 11.8 Å². The Morgan fingerprint density at radius 2 is 2.39 bits per heavy atom. The summed E-state index contributed by atoms with van der Waals surface area (Å²) >= 11 is 7.08. The van der Waals surface area contributed by atoms with E-state index in [0.29, 0.717) is 29.5 Å². The summed E-state index contributed by atoms with van der Waals surface area (Å²) in [6.45, 7) is 0.943. The number of hydrogen-bond acceptors (Lipinski definition) is 3. The van der Waals surface area contributed by atoms with E-state index in [4.69, 9.17) is 11.6 Å². The van der Waals surface area contributed by atoms with E-state index in [9.17, 15) is 13.6 Å². The van der Waals surface area contributed by atoms with Gasteiger partial charge in [0.2, 0.25) is 0 Å². The minimum absolute atomic E-state index is 0.0995. The summed E-state index contributed by atoms with van der Waals surface area (Å²) in [5.41, 5.74) is 0. The van der Waals surface area contributed by atoms with Crippen LogP contribution in [0.4, 0.5) is 8.78 Å². The van der Waals surface area contributed by atoms with Gasteiger partial charge in [-0.05, 0) is 11.4 Å². The zero-order valence-corrected chi connectivity index (χ0v) is 11.2. The van der Waals surface area contributed by atoms with Crippen LogP contribution in [0, 0.1) is 0 Å². The summed E-state index contributed by atoms with van der Waals surface area (Å²) in [5.74, 6) is -2.83. The molecule has 7 heteroatoms. The SMILES string of the molecule is O=C(NCCN1CCC(F)(F)C1)c1sccc1Cl. The van der Waals surface area contributed by atoms with Gasteiger partial charge in [0.1, 0.15) is 4.88 Å². The zero-order valence-electron chi connectivity index (χ0n) is 9.59. The average molecular weight is 295 g/mol. The topological polar surface area (TPSA) is 32.3 Å². The molecule has 3 nitrogen and oxygen atoms in total. The zero-order chi connectivity index (χ0) is 13.2. The standard InChI is InChI=1S/C11H13ClF2N2OS/c12-8-1-6-18-9(8)10(17)15-3-5-16-4-2-11(13,14)7-16/h1,6H,2-5,7H2,(H,15,17). The quantitative estimate of drug-likeness (QED) is 0.925. The summed E-state index contributed by atoms with van der Waals surface area (Å²) in [5, 5.41) is 4.84. The molecule has 0 saturated carbocycles. The lowest BCUT2D eigenvalue weighted by Crippen LogP contribution is -2.34. The maximum Gasteiger partial charge on any atom is 0.262 e. The van der Waals surface area contributed by atoms with E-state index in [1.807, 2.05) is 0 Å². The predicted molar refractivity (Wildman–Crippen MR) is 67.7 cm³/mol. The fourth-order valence-electron chi connectivity index (χ4n) is 1.86. The van der Waals surface area contributed by atoms with Crippen molar-refractivity contribution in [1.82, 2.24) is 10.2 Å². The lowest BCUT2D eigenvalue weighted by atomic mass is 10.3. The number of thiophene rings is 1. The van der Waals surface area contributed by atoms with Crippen LogP contribution in [0.15, 0.2) is 11.4 Å². The van der Waals surface area contributed by atoms with Crippen LogP contribution in [0.5, 0.6) is 0 Å². The van der Waals surface area contributed by atoms with Crippen molar-refractivity contribution in [2.75, 3.05) is 26.2 Å². The molecule has 1 amide bonds. The molecule has 0 atom stereocenters. The molecule has 0 radical (unpaired) electrons.